The van der Waals surface area contributed by atoms with Crippen LogP contribution in [-0.4, -0.2) is 46.9 Å². The van der Waals surface area contributed by atoms with E-state index in [0.717, 1.165) is 35.1 Å². The van der Waals surface area contributed by atoms with Gasteiger partial charge in [-0.3, -0.25) is 4.79 Å². The topological polar surface area (TPSA) is 45.2 Å². The fourth-order valence-corrected chi connectivity index (χ4v) is 3.31. The summed E-state index contributed by atoms with van der Waals surface area (Å²) in [6.07, 6.45) is 0. The molecule has 1 aliphatic rings. The van der Waals surface area contributed by atoms with Gasteiger partial charge in [0.25, 0.3) is 5.91 Å². The highest BCUT2D eigenvalue weighted by Gasteiger charge is 2.25. The van der Waals surface area contributed by atoms with Crippen LogP contribution in [0.15, 0.2) is 12.1 Å². The zero-order chi connectivity index (χ0) is 14.7. The minimum Gasteiger partial charge on any atom is -0.373 e. The van der Waals surface area contributed by atoms with Crippen molar-refractivity contribution in [1.29, 1.82) is 0 Å². The molecule has 0 bridgehead atoms. The quantitative estimate of drug-likeness (QED) is 0.931. The van der Waals surface area contributed by atoms with E-state index in [1.165, 1.54) is 0 Å². The number of pyridine rings is 1. The predicted octanol–water partition coefficient (Wildman–Crippen LogP) is 2.82. The first-order chi connectivity index (χ1) is 9.52. The van der Waals surface area contributed by atoms with Gasteiger partial charge in [-0.15, -0.1) is 0 Å². The number of hydrogen-bond donors (Lipinski definition) is 1. The van der Waals surface area contributed by atoms with E-state index >= 15 is 0 Å². The second-order valence-electron chi connectivity index (χ2n) is 5.49. The summed E-state index contributed by atoms with van der Waals surface area (Å²) in [6, 6.07) is 4.08. The van der Waals surface area contributed by atoms with Crippen molar-refractivity contribution in [2.75, 3.05) is 30.4 Å². The summed E-state index contributed by atoms with van der Waals surface area (Å²) in [5.74, 6) is 3.24. The standard InChI is InChI=1S/C15H23N3OS/c1-10(2)13-7-12(8-14(16-4)17-13)15(19)18-5-6-20-9-11(18)3/h7-8,10-11H,5-6,9H2,1-4H3,(H,16,17). The molecule has 20 heavy (non-hydrogen) atoms. The molecule has 1 aromatic rings. The lowest BCUT2D eigenvalue weighted by Crippen LogP contribution is -2.44. The van der Waals surface area contributed by atoms with Crippen molar-refractivity contribution in [2.45, 2.75) is 32.7 Å². The molecule has 1 unspecified atom stereocenters. The van der Waals surface area contributed by atoms with Crippen molar-refractivity contribution >= 4 is 23.5 Å². The maximum Gasteiger partial charge on any atom is 0.254 e. The first kappa shape index (κ1) is 15.2. The molecule has 2 rings (SSSR count). The van der Waals surface area contributed by atoms with Crippen molar-refractivity contribution in [3.63, 3.8) is 0 Å². The molecule has 1 fully saturated rings. The third-order valence-electron chi connectivity index (χ3n) is 3.57. The molecule has 0 aliphatic carbocycles. The largest absolute Gasteiger partial charge is 0.373 e. The number of carbonyl (C=O) groups excluding carboxylic acids is 1. The van der Waals surface area contributed by atoms with E-state index in [9.17, 15) is 4.79 Å². The van der Waals surface area contributed by atoms with Crippen molar-refractivity contribution in [2.24, 2.45) is 0 Å². The molecule has 0 saturated carbocycles. The Kier molecular flexibility index (Phi) is 4.91. The van der Waals surface area contributed by atoms with Crippen LogP contribution in [0.1, 0.15) is 42.7 Å². The highest BCUT2D eigenvalue weighted by atomic mass is 32.2. The van der Waals surface area contributed by atoms with E-state index in [0.29, 0.717) is 12.0 Å². The van der Waals surface area contributed by atoms with Crippen LogP contribution in [0.2, 0.25) is 0 Å². The fraction of sp³-hybridized carbons (Fsp3) is 0.600. The Hall–Kier alpha value is -1.23. The highest BCUT2D eigenvalue weighted by Crippen LogP contribution is 2.22. The number of nitrogens with one attached hydrogen (secondary N) is 1. The Morgan fingerprint density at radius 2 is 2.25 bits per heavy atom. The number of anilines is 1. The van der Waals surface area contributed by atoms with Crippen molar-refractivity contribution in [3.05, 3.63) is 23.4 Å². The summed E-state index contributed by atoms with van der Waals surface area (Å²) < 4.78 is 0. The maximum atomic E-state index is 12.7. The van der Waals surface area contributed by atoms with Gasteiger partial charge in [0, 0.05) is 42.4 Å². The molecule has 0 spiro atoms. The molecular weight excluding hydrogens is 270 g/mol. The van der Waals surface area contributed by atoms with Crippen molar-refractivity contribution in [1.82, 2.24) is 9.88 Å². The van der Waals surface area contributed by atoms with Gasteiger partial charge >= 0.3 is 0 Å². The van der Waals surface area contributed by atoms with Crippen LogP contribution in [0, 0.1) is 0 Å². The number of hydrogen-bond acceptors (Lipinski definition) is 4. The summed E-state index contributed by atoms with van der Waals surface area (Å²) in [4.78, 5) is 19.2. The molecule has 1 aromatic heterocycles. The van der Waals surface area contributed by atoms with Crippen molar-refractivity contribution < 1.29 is 4.79 Å². The summed E-state index contributed by atoms with van der Waals surface area (Å²) in [7, 11) is 1.83. The van der Waals surface area contributed by atoms with Gasteiger partial charge in [-0.1, -0.05) is 13.8 Å². The minimum absolute atomic E-state index is 0.124. The molecule has 2 heterocycles. The number of rotatable bonds is 3. The van der Waals surface area contributed by atoms with Crippen LogP contribution in [0.25, 0.3) is 0 Å². The Balaban J connectivity index is 2.30. The lowest BCUT2D eigenvalue weighted by molar-refractivity contribution is 0.0716. The number of thioether (sulfide) groups is 1. The minimum atomic E-state index is 0.124. The molecule has 0 aromatic carbocycles. The fourth-order valence-electron chi connectivity index (χ4n) is 2.29. The second kappa shape index (κ2) is 6.48. The van der Waals surface area contributed by atoms with E-state index in [1.54, 1.807) is 0 Å². The number of carbonyl (C=O) groups is 1. The average molecular weight is 293 g/mol. The first-order valence-corrected chi connectivity index (χ1v) is 8.27. The van der Waals surface area contributed by atoms with Crippen LogP contribution in [0.3, 0.4) is 0 Å². The molecule has 4 nitrogen and oxygen atoms in total. The van der Waals surface area contributed by atoms with Gasteiger partial charge < -0.3 is 10.2 Å². The number of nitrogens with zero attached hydrogens (tertiary/aromatic N) is 2. The van der Waals surface area contributed by atoms with Crippen molar-refractivity contribution in [3.8, 4) is 0 Å². The van der Waals surface area contributed by atoms with Gasteiger partial charge in [0.1, 0.15) is 5.82 Å². The summed E-state index contributed by atoms with van der Waals surface area (Å²) in [5.41, 5.74) is 1.70. The van der Waals surface area contributed by atoms with Gasteiger partial charge in [0.05, 0.1) is 0 Å². The SMILES string of the molecule is CNc1cc(C(=O)N2CCSCC2C)cc(C(C)C)n1. The Morgan fingerprint density at radius 3 is 2.85 bits per heavy atom. The second-order valence-corrected chi connectivity index (χ2v) is 6.64. The van der Waals surface area contributed by atoms with E-state index in [-0.39, 0.29) is 5.91 Å². The summed E-state index contributed by atoms with van der Waals surface area (Å²) in [6.45, 7) is 7.14. The van der Waals surface area contributed by atoms with E-state index in [2.05, 4.69) is 31.1 Å². The predicted molar refractivity (Wildman–Crippen MR) is 85.7 cm³/mol. The van der Waals surface area contributed by atoms with Crippen LogP contribution < -0.4 is 5.32 Å². The Labute approximate surface area is 125 Å². The molecule has 1 aliphatic heterocycles. The molecular formula is C15H23N3OS. The third-order valence-corrected chi connectivity index (χ3v) is 4.76. The monoisotopic (exact) mass is 293 g/mol. The molecule has 1 N–H and O–H groups in total. The summed E-state index contributed by atoms with van der Waals surface area (Å²) >= 11 is 1.92. The van der Waals surface area contributed by atoms with Gasteiger partial charge in [0.2, 0.25) is 0 Å². The average Bonchev–Trinajstić information content (AvgIpc) is 2.46. The lowest BCUT2D eigenvalue weighted by Gasteiger charge is -2.33. The van der Waals surface area contributed by atoms with Gasteiger partial charge in [-0.2, -0.15) is 11.8 Å². The molecule has 1 saturated heterocycles. The highest BCUT2D eigenvalue weighted by molar-refractivity contribution is 7.99. The van der Waals surface area contributed by atoms with Crippen LogP contribution in [0.4, 0.5) is 5.82 Å². The normalized spacial score (nSPS) is 19.2. The third kappa shape index (κ3) is 3.26. The molecule has 1 atom stereocenters. The molecule has 1 amide bonds. The van der Waals surface area contributed by atoms with E-state index in [1.807, 2.05) is 35.8 Å². The Bertz CT molecular complexity index is 490. The first-order valence-electron chi connectivity index (χ1n) is 7.11. The smallest absolute Gasteiger partial charge is 0.254 e. The summed E-state index contributed by atoms with van der Waals surface area (Å²) in [5, 5.41) is 3.05. The lowest BCUT2D eigenvalue weighted by atomic mass is 10.1. The van der Waals surface area contributed by atoms with Gasteiger partial charge in [-0.25, -0.2) is 4.98 Å². The molecule has 110 valence electrons. The van der Waals surface area contributed by atoms with Crippen LogP contribution in [-0.2, 0) is 0 Å². The van der Waals surface area contributed by atoms with Gasteiger partial charge in [-0.05, 0) is 25.0 Å². The number of amides is 1. The molecule has 5 heteroatoms. The Morgan fingerprint density at radius 1 is 1.50 bits per heavy atom. The van der Waals surface area contributed by atoms with Crippen LogP contribution in [0.5, 0.6) is 0 Å². The maximum absolute atomic E-state index is 12.7. The zero-order valence-corrected chi connectivity index (χ0v) is 13.5. The zero-order valence-electron chi connectivity index (χ0n) is 12.6. The van der Waals surface area contributed by atoms with Gasteiger partial charge in [0.15, 0.2) is 0 Å². The van der Waals surface area contributed by atoms with Crippen LogP contribution >= 0.6 is 11.8 Å². The number of aromatic nitrogens is 1. The van der Waals surface area contributed by atoms with E-state index in [4.69, 9.17) is 0 Å². The van der Waals surface area contributed by atoms with E-state index < -0.39 is 0 Å². The molecule has 0 radical (unpaired) electrons.